The Hall–Kier alpha value is -2.49. The quantitative estimate of drug-likeness (QED) is 0.316. The molecule has 4 aromatic carbocycles. The maximum atomic E-state index is 10.6. The summed E-state index contributed by atoms with van der Waals surface area (Å²) in [5, 5.41) is 17.6. The van der Waals surface area contributed by atoms with Crippen molar-refractivity contribution < 1.29 is 5.11 Å². The van der Waals surface area contributed by atoms with Crippen LogP contribution in [0.15, 0.2) is 71.2 Å². The van der Waals surface area contributed by atoms with Gasteiger partial charge in [-0.05, 0) is 87.1 Å². The van der Waals surface area contributed by atoms with Crippen LogP contribution in [-0.4, -0.2) is 5.11 Å². The van der Waals surface area contributed by atoms with Crippen molar-refractivity contribution in [3.8, 4) is 5.75 Å². The van der Waals surface area contributed by atoms with Gasteiger partial charge in [-0.3, -0.25) is 0 Å². The molecule has 0 aliphatic heterocycles. The van der Waals surface area contributed by atoms with Gasteiger partial charge in [-0.2, -0.15) is 0 Å². The van der Waals surface area contributed by atoms with Crippen LogP contribution in [0.3, 0.4) is 0 Å². The van der Waals surface area contributed by atoms with Crippen molar-refractivity contribution in [1.29, 1.82) is 0 Å². The van der Waals surface area contributed by atoms with E-state index in [4.69, 9.17) is 11.6 Å². The Balaban J connectivity index is 1.44. The third-order valence-corrected chi connectivity index (χ3v) is 6.87. The number of aromatic hydroxyl groups is 1. The van der Waals surface area contributed by atoms with E-state index in [1.54, 1.807) is 0 Å². The predicted octanol–water partition coefficient (Wildman–Crippen LogP) is 7.26. The number of nitrogens with one attached hydrogen (secondary N) is 1. The van der Waals surface area contributed by atoms with E-state index in [0.717, 1.165) is 40.2 Å². The number of benzene rings is 4. The zero-order chi connectivity index (χ0) is 20.7. The van der Waals surface area contributed by atoms with E-state index in [9.17, 15) is 5.11 Å². The molecule has 0 saturated carbocycles. The predicted molar refractivity (Wildman–Crippen MR) is 129 cm³/mol. The van der Waals surface area contributed by atoms with Crippen molar-refractivity contribution in [2.24, 2.45) is 0 Å². The molecule has 0 unspecified atom stereocenters. The van der Waals surface area contributed by atoms with Gasteiger partial charge in [0.2, 0.25) is 0 Å². The number of phenolic OH excluding ortho intramolecular Hbond substituents is 1. The summed E-state index contributed by atoms with van der Waals surface area (Å²) in [4.78, 5) is 0. The molecule has 0 spiro atoms. The largest absolute Gasteiger partial charge is 0.506 e. The monoisotopic (exact) mass is 477 g/mol. The number of hydrogen-bond acceptors (Lipinski definition) is 2. The molecule has 4 heteroatoms. The first-order valence-corrected chi connectivity index (χ1v) is 11.3. The van der Waals surface area contributed by atoms with Gasteiger partial charge in [-0.1, -0.05) is 54.1 Å². The topological polar surface area (TPSA) is 32.3 Å². The van der Waals surface area contributed by atoms with Gasteiger partial charge in [0, 0.05) is 28.2 Å². The molecule has 0 aromatic heterocycles. The molecular weight excluding hydrogens is 458 g/mol. The van der Waals surface area contributed by atoms with Gasteiger partial charge in [0.1, 0.15) is 5.75 Å². The smallest absolute Gasteiger partial charge is 0.134 e. The van der Waals surface area contributed by atoms with Crippen LogP contribution in [0, 0.1) is 0 Å². The average molecular weight is 479 g/mol. The van der Waals surface area contributed by atoms with Crippen LogP contribution in [0.5, 0.6) is 5.75 Å². The Morgan fingerprint density at radius 1 is 0.900 bits per heavy atom. The third kappa shape index (κ3) is 3.57. The minimum Gasteiger partial charge on any atom is -0.506 e. The summed E-state index contributed by atoms with van der Waals surface area (Å²) in [6, 6.07) is 22.8. The molecule has 1 aliphatic rings. The lowest BCUT2D eigenvalue weighted by atomic mass is 10.0. The van der Waals surface area contributed by atoms with Gasteiger partial charge >= 0.3 is 0 Å². The highest BCUT2D eigenvalue weighted by molar-refractivity contribution is 9.10. The van der Waals surface area contributed by atoms with Crippen LogP contribution in [0.4, 0.5) is 5.69 Å². The van der Waals surface area contributed by atoms with Crippen molar-refractivity contribution in [2.75, 3.05) is 5.32 Å². The van der Waals surface area contributed by atoms with Gasteiger partial charge in [-0.25, -0.2) is 0 Å². The van der Waals surface area contributed by atoms with E-state index in [2.05, 4.69) is 57.6 Å². The van der Waals surface area contributed by atoms with E-state index in [0.29, 0.717) is 17.4 Å². The van der Waals surface area contributed by atoms with Crippen LogP contribution in [-0.2, 0) is 25.8 Å². The van der Waals surface area contributed by atoms with Crippen molar-refractivity contribution in [3.63, 3.8) is 0 Å². The van der Waals surface area contributed by atoms with Crippen molar-refractivity contribution in [2.45, 2.75) is 25.8 Å². The van der Waals surface area contributed by atoms with Crippen molar-refractivity contribution >= 4 is 44.0 Å². The maximum absolute atomic E-state index is 10.6. The summed E-state index contributed by atoms with van der Waals surface area (Å²) in [5.74, 6) is 0.274. The number of hydrogen-bond donors (Lipinski definition) is 2. The van der Waals surface area contributed by atoms with Crippen LogP contribution in [0.1, 0.15) is 27.8 Å². The SMILES string of the molecule is Oc1c(Br)cc(Cc2ccccc2Cl)cc1CNc1ccc2c3c(cccc13)CC2. The minimum atomic E-state index is 0.274. The molecule has 150 valence electrons. The zero-order valence-corrected chi connectivity index (χ0v) is 18.7. The van der Waals surface area contributed by atoms with Gasteiger partial charge in [0.15, 0.2) is 0 Å². The lowest BCUT2D eigenvalue weighted by molar-refractivity contribution is 0.465. The molecule has 0 amide bonds. The average Bonchev–Trinajstić information content (AvgIpc) is 3.17. The summed E-state index contributed by atoms with van der Waals surface area (Å²) < 4.78 is 0.698. The Kier molecular flexibility index (Phi) is 5.18. The van der Waals surface area contributed by atoms with Crippen molar-refractivity contribution in [3.05, 3.63) is 104 Å². The number of anilines is 1. The summed E-state index contributed by atoms with van der Waals surface area (Å²) in [6.07, 6.45) is 2.95. The van der Waals surface area contributed by atoms with Gasteiger partial charge in [0.05, 0.1) is 4.47 Å². The molecule has 0 atom stereocenters. The lowest BCUT2D eigenvalue weighted by Gasteiger charge is -2.14. The van der Waals surface area contributed by atoms with Gasteiger partial charge < -0.3 is 10.4 Å². The molecule has 2 nitrogen and oxygen atoms in total. The van der Waals surface area contributed by atoms with Crippen LogP contribution >= 0.6 is 27.5 Å². The van der Waals surface area contributed by atoms with Crippen LogP contribution < -0.4 is 5.32 Å². The second-order valence-corrected chi connectivity index (χ2v) is 9.08. The molecule has 1 aliphatic carbocycles. The summed E-state index contributed by atoms with van der Waals surface area (Å²) in [7, 11) is 0. The van der Waals surface area contributed by atoms with E-state index < -0.39 is 0 Å². The first-order valence-electron chi connectivity index (χ1n) is 10.1. The molecule has 4 aromatic rings. The number of halogens is 2. The van der Waals surface area contributed by atoms with Crippen LogP contribution in [0.25, 0.3) is 10.8 Å². The fourth-order valence-electron chi connectivity index (χ4n) is 4.41. The highest BCUT2D eigenvalue weighted by atomic mass is 79.9. The summed E-state index contributed by atoms with van der Waals surface area (Å²) >= 11 is 9.85. The van der Waals surface area contributed by atoms with E-state index in [1.165, 1.54) is 21.9 Å². The fraction of sp³-hybridized carbons (Fsp3) is 0.154. The minimum absolute atomic E-state index is 0.274. The normalized spacial score (nSPS) is 12.5. The summed E-state index contributed by atoms with van der Waals surface area (Å²) in [5.41, 5.74) is 6.99. The molecule has 30 heavy (non-hydrogen) atoms. The van der Waals surface area contributed by atoms with Gasteiger partial charge in [-0.15, -0.1) is 0 Å². The molecule has 0 fully saturated rings. The Labute approximate surface area is 189 Å². The molecule has 5 rings (SSSR count). The Bertz CT molecular complexity index is 1260. The van der Waals surface area contributed by atoms with Crippen LogP contribution in [0.2, 0.25) is 5.02 Å². The molecule has 0 heterocycles. The number of rotatable bonds is 5. The lowest BCUT2D eigenvalue weighted by Crippen LogP contribution is -2.02. The van der Waals surface area contributed by atoms with Gasteiger partial charge in [0.25, 0.3) is 0 Å². The maximum Gasteiger partial charge on any atom is 0.134 e. The Morgan fingerprint density at radius 3 is 2.53 bits per heavy atom. The first kappa shape index (κ1) is 19.5. The molecule has 2 N–H and O–H groups in total. The highest BCUT2D eigenvalue weighted by Gasteiger charge is 2.16. The number of phenols is 1. The molecular formula is C26H21BrClNO. The Morgan fingerprint density at radius 2 is 1.70 bits per heavy atom. The number of aryl methyl sites for hydroxylation is 2. The fourth-order valence-corrected chi connectivity index (χ4v) is 5.16. The first-order chi connectivity index (χ1) is 14.6. The molecule has 0 bridgehead atoms. The second-order valence-electron chi connectivity index (χ2n) is 7.82. The molecule has 0 radical (unpaired) electrons. The van der Waals surface area contributed by atoms with E-state index >= 15 is 0 Å². The van der Waals surface area contributed by atoms with E-state index in [1.807, 2.05) is 30.3 Å². The standard InChI is InChI=1S/C26H21BrClNO/c27-22-14-16(12-19-4-1-2-7-23(19)28)13-20(26(22)30)15-29-24-11-10-18-9-8-17-5-3-6-21(24)25(17)18/h1-7,10-11,13-14,29-30H,8-9,12,15H2. The third-order valence-electron chi connectivity index (χ3n) is 5.90. The summed E-state index contributed by atoms with van der Waals surface area (Å²) in [6.45, 7) is 0.541. The highest BCUT2D eigenvalue weighted by Crippen LogP contribution is 2.36. The van der Waals surface area contributed by atoms with E-state index in [-0.39, 0.29) is 5.75 Å². The van der Waals surface area contributed by atoms with Crippen molar-refractivity contribution in [1.82, 2.24) is 0 Å². The molecule has 0 saturated heterocycles. The zero-order valence-electron chi connectivity index (χ0n) is 16.4. The second kappa shape index (κ2) is 7.98.